The fraction of sp³-hybridized carbons (Fsp3) is 0.125. The summed E-state index contributed by atoms with van der Waals surface area (Å²) in [4.78, 5) is 10.5. The Labute approximate surface area is 109 Å². The zero-order valence-electron chi connectivity index (χ0n) is 7.95. The molecule has 1 rings (SSSR count). The van der Waals surface area contributed by atoms with Crippen molar-refractivity contribution >= 4 is 16.1 Å². The van der Waals surface area contributed by atoms with Crippen molar-refractivity contribution in [2.45, 2.75) is 5.25 Å². The van der Waals surface area contributed by atoms with Gasteiger partial charge in [-0.1, -0.05) is 30.3 Å². The van der Waals surface area contributed by atoms with E-state index in [-0.39, 0.29) is 35.1 Å². The van der Waals surface area contributed by atoms with Crippen LogP contribution in [0.15, 0.2) is 30.3 Å². The minimum atomic E-state index is -4.68. The number of carboxylic acid groups (broad SMARTS) is 1. The summed E-state index contributed by atoms with van der Waals surface area (Å²) in [5, 5.41) is 8.47. The van der Waals surface area contributed by atoms with Gasteiger partial charge in [0, 0.05) is 0 Å². The fourth-order valence-corrected chi connectivity index (χ4v) is 1.80. The average molecular weight is 238 g/mol. The zero-order chi connectivity index (χ0) is 10.8. The third kappa shape index (κ3) is 3.92. The number of hydrogen-bond donors (Lipinski definition) is 1. The van der Waals surface area contributed by atoms with Crippen LogP contribution in [0.1, 0.15) is 10.8 Å². The molecule has 0 fully saturated rings. The molecule has 0 radical (unpaired) electrons. The third-order valence-electron chi connectivity index (χ3n) is 1.61. The van der Waals surface area contributed by atoms with E-state index in [1.807, 2.05) is 0 Å². The molecule has 5 nitrogen and oxygen atoms in total. The molecule has 0 unspecified atom stereocenters. The average Bonchev–Trinajstić information content (AvgIpc) is 2.02. The molecule has 0 aliphatic rings. The fourth-order valence-electron chi connectivity index (χ4n) is 1.06. The van der Waals surface area contributed by atoms with Crippen molar-refractivity contribution in [2.75, 3.05) is 0 Å². The Hall–Kier alpha value is -0.400. The number of rotatable bonds is 3. The molecular weight excluding hydrogens is 231 g/mol. The molecule has 0 aliphatic heterocycles. The number of hydrogen-bond acceptors (Lipinski definition) is 4. The maximum Gasteiger partial charge on any atom is 1.00 e. The van der Waals surface area contributed by atoms with Crippen LogP contribution in [0.4, 0.5) is 0 Å². The predicted octanol–water partition coefficient (Wildman–Crippen LogP) is -3.63. The topological polar surface area (TPSA) is 94.5 Å². The number of aliphatic carboxylic acids is 1. The maximum absolute atomic E-state index is 10.7. The third-order valence-corrected chi connectivity index (χ3v) is 2.67. The standard InChI is InChI=1S/C8H8O5S.Na/c9-8(10)7(14(11,12)13)6-4-2-1-3-5-6;/h1-5,7H,(H,9,10)(H,11,12,13);/q;+1/p-1/t7-;/m1./s1. The molecule has 0 bridgehead atoms. The maximum atomic E-state index is 10.7. The van der Waals surface area contributed by atoms with E-state index in [1.165, 1.54) is 24.3 Å². The van der Waals surface area contributed by atoms with E-state index in [9.17, 15) is 18.3 Å². The SMILES string of the molecule is O=C([O-])[C@@H](c1ccccc1)S(=O)(=O)O.[Na+]. The second kappa shape index (κ2) is 5.62. The van der Waals surface area contributed by atoms with Crippen LogP contribution < -0.4 is 34.7 Å². The van der Waals surface area contributed by atoms with Gasteiger partial charge in [-0.3, -0.25) is 4.55 Å². The van der Waals surface area contributed by atoms with Crippen LogP contribution >= 0.6 is 0 Å². The minimum absolute atomic E-state index is 0. The summed E-state index contributed by atoms with van der Waals surface area (Å²) >= 11 is 0. The molecular formula is C8H7NaO5S. The second-order valence-corrected chi connectivity index (χ2v) is 4.13. The van der Waals surface area contributed by atoms with Gasteiger partial charge in [0.25, 0.3) is 10.1 Å². The Kier molecular flexibility index (Phi) is 5.47. The van der Waals surface area contributed by atoms with Crippen molar-refractivity contribution in [2.24, 2.45) is 0 Å². The first-order chi connectivity index (χ1) is 6.43. The Balaban J connectivity index is 0.00000196. The van der Waals surface area contributed by atoms with Crippen LogP contribution in [-0.4, -0.2) is 18.9 Å². The summed E-state index contributed by atoms with van der Waals surface area (Å²) in [5.41, 5.74) is -0.0324. The predicted molar refractivity (Wildman–Crippen MR) is 45.7 cm³/mol. The number of carbonyl (C=O) groups is 1. The quantitative estimate of drug-likeness (QED) is 0.433. The summed E-state index contributed by atoms with van der Waals surface area (Å²) in [6, 6.07) is 7.11. The Bertz CT molecular complexity index is 428. The van der Waals surface area contributed by atoms with E-state index >= 15 is 0 Å². The molecule has 0 aromatic heterocycles. The number of benzene rings is 1. The molecule has 1 N–H and O–H groups in total. The largest absolute Gasteiger partial charge is 1.00 e. The van der Waals surface area contributed by atoms with Crippen LogP contribution in [-0.2, 0) is 14.9 Å². The van der Waals surface area contributed by atoms with Crippen LogP contribution in [0.5, 0.6) is 0 Å². The number of carboxylic acids is 1. The Morgan fingerprint density at radius 3 is 2.07 bits per heavy atom. The van der Waals surface area contributed by atoms with Gasteiger partial charge in [-0.05, 0) is 5.56 Å². The van der Waals surface area contributed by atoms with Gasteiger partial charge in [0.05, 0.1) is 5.97 Å². The molecule has 1 aromatic rings. The summed E-state index contributed by atoms with van der Waals surface area (Å²) in [6.45, 7) is 0. The second-order valence-electron chi connectivity index (χ2n) is 2.62. The molecule has 1 atom stereocenters. The molecule has 0 heterocycles. The van der Waals surface area contributed by atoms with Gasteiger partial charge in [-0.15, -0.1) is 0 Å². The summed E-state index contributed by atoms with van der Waals surface area (Å²) < 4.78 is 30.1. The van der Waals surface area contributed by atoms with E-state index in [0.29, 0.717) is 0 Å². The van der Waals surface area contributed by atoms with Gasteiger partial charge in [-0.25, -0.2) is 0 Å². The normalized spacial score (nSPS) is 12.6. The van der Waals surface area contributed by atoms with Crippen molar-refractivity contribution < 1.29 is 52.4 Å². The first-order valence-electron chi connectivity index (χ1n) is 3.65. The summed E-state index contributed by atoms with van der Waals surface area (Å²) in [7, 11) is -4.68. The molecule has 0 saturated heterocycles. The van der Waals surface area contributed by atoms with Crippen LogP contribution in [0.25, 0.3) is 0 Å². The Morgan fingerprint density at radius 2 is 1.73 bits per heavy atom. The van der Waals surface area contributed by atoms with Crippen LogP contribution in [0.3, 0.4) is 0 Å². The number of carbonyl (C=O) groups excluding carboxylic acids is 1. The zero-order valence-corrected chi connectivity index (χ0v) is 10.8. The van der Waals surface area contributed by atoms with E-state index in [0.717, 1.165) is 0 Å². The van der Waals surface area contributed by atoms with Gasteiger partial charge in [-0.2, -0.15) is 8.42 Å². The summed E-state index contributed by atoms with van der Waals surface area (Å²) in [6.07, 6.45) is 0. The summed E-state index contributed by atoms with van der Waals surface area (Å²) in [5.74, 6) is -1.85. The first kappa shape index (κ1) is 14.6. The molecule has 76 valence electrons. The molecule has 0 saturated carbocycles. The van der Waals surface area contributed by atoms with E-state index in [1.54, 1.807) is 6.07 Å². The monoisotopic (exact) mass is 238 g/mol. The van der Waals surface area contributed by atoms with Crippen molar-refractivity contribution in [3.05, 3.63) is 35.9 Å². The van der Waals surface area contributed by atoms with Gasteiger partial charge in [0.1, 0.15) is 0 Å². The molecule has 15 heavy (non-hydrogen) atoms. The molecule has 0 amide bonds. The van der Waals surface area contributed by atoms with E-state index < -0.39 is 21.3 Å². The smallest absolute Gasteiger partial charge is 0.548 e. The van der Waals surface area contributed by atoms with Crippen LogP contribution in [0.2, 0.25) is 0 Å². The van der Waals surface area contributed by atoms with E-state index in [2.05, 4.69) is 0 Å². The molecule has 0 aliphatic carbocycles. The van der Waals surface area contributed by atoms with Gasteiger partial charge < -0.3 is 9.90 Å². The first-order valence-corrected chi connectivity index (χ1v) is 5.15. The Morgan fingerprint density at radius 1 is 1.27 bits per heavy atom. The molecule has 7 heteroatoms. The van der Waals surface area contributed by atoms with E-state index in [4.69, 9.17) is 4.55 Å². The molecule has 1 aromatic carbocycles. The van der Waals surface area contributed by atoms with Crippen molar-refractivity contribution in [3.8, 4) is 0 Å². The van der Waals surface area contributed by atoms with Crippen molar-refractivity contribution in [1.29, 1.82) is 0 Å². The van der Waals surface area contributed by atoms with Crippen molar-refractivity contribution in [3.63, 3.8) is 0 Å². The minimum Gasteiger partial charge on any atom is -0.548 e. The van der Waals surface area contributed by atoms with Crippen LogP contribution in [0, 0.1) is 0 Å². The van der Waals surface area contributed by atoms with Crippen molar-refractivity contribution in [1.82, 2.24) is 0 Å². The molecule has 0 spiro atoms. The van der Waals surface area contributed by atoms with Gasteiger partial charge in [0.2, 0.25) is 0 Å². The van der Waals surface area contributed by atoms with Gasteiger partial charge >= 0.3 is 29.6 Å². The van der Waals surface area contributed by atoms with Gasteiger partial charge in [0.15, 0.2) is 5.25 Å².